The molecule has 1 aromatic rings. The molecule has 0 saturated heterocycles. The van der Waals surface area contributed by atoms with E-state index in [4.69, 9.17) is 0 Å². The third-order valence-corrected chi connectivity index (χ3v) is 5.04. The lowest BCUT2D eigenvalue weighted by Gasteiger charge is -2.39. The Hall–Kier alpha value is -1.08. The van der Waals surface area contributed by atoms with Crippen molar-refractivity contribution in [3.05, 3.63) is 48.0 Å². The van der Waals surface area contributed by atoms with Crippen molar-refractivity contribution >= 4 is 0 Å². The predicted octanol–water partition coefficient (Wildman–Crippen LogP) is 4.85. The SMILES string of the molecule is CC(C)[C@@H]1CC[C@@H](C)C[C@H]1[C@H](O)/C=C/Cc1ccccc1. The average molecular weight is 286 g/mol. The summed E-state index contributed by atoms with van der Waals surface area (Å²) in [4.78, 5) is 0. The van der Waals surface area contributed by atoms with Gasteiger partial charge >= 0.3 is 0 Å². The van der Waals surface area contributed by atoms with Crippen LogP contribution in [0.2, 0.25) is 0 Å². The van der Waals surface area contributed by atoms with Gasteiger partial charge in [-0.05, 0) is 48.5 Å². The van der Waals surface area contributed by atoms with E-state index in [0.29, 0.717) is 17.8 Å². The molecule has 0 aliphatic heterocycles. The van der Waals surface area contributed by atoms with Crippen molar-refractivity contribution in [3.63, 3.8) is 0 Å². The largest absolute Gasteiger partial charge is 0.389 e. The van der Waals surface area contributed by atoms with E-state index in [-0.39, 0.29) is 6.10 Å². The van der Waals surface area contributed by atoms with Gasteiger partial charge in [-0.2, -0.15) is 0 Å². The van der Waals surface area contributed by atoms with Crippen LogP contribution in [0.25, 0.3) is 0 Å². The van der Waals surface area contributed by atoms with Gasteiger partial charge in [-0.15, -0.1) is 0 Å². The number of allylic oxidation sites excluding steroid dienone is 1. The van der Waals surface area contributed by atoms with Crippen molar-refractivity contribution in [2.45, 2.75) is 52.6 Å². The van der Waals surface area contributed by atoms with Crippen molar-refractivity contribution in [1.29, 1.82) is 0 Å². The van der Waals surface area contributed by atoms with Crippen LogP contribution in [0.5, 0.6) is 0 Å². The minimum atomic E-state index is -0.288. The molecule has 1 nitrogen and oxygen atoms in total. The molecule has 21 heavy (non-hydrogen) atoms. The maximum Gasteiger partial charge on any atom is 0.0752 e. The molecule has 0 spiro atoms. The van der Waals surface area contributed by atoms with Gasteiger partial charge < -0.3 is 5.11 Å². The standard InChI is InChI=1S/C20H30O/c1-15(2)18-13-12-16(3)14-19(18)20(21)11-7-10-17-8-5-4-6-9-17/h4-9,11,15-16,18-21H,10,12-14H2,1-3H3/b11-7+/t16-,18+,19-,20-/m1/s1. The highest BCUT2D eigenvalue weighted by atomic mass is 16.3. The molecule has 0 radical (unpaired) electrons. The van der Waals surface area contributed by atoms with E-state index in [9.17, 15) is 5.11 Å². The molecule has 1 saturated carbocycles. The summed E-state index contributed by atoms with van der Waals surface area (Å²) >= 11 is 0. The number of hydrogen-bond acceptors (Lipinski definition) is 1. The number of benzene rings is 1. The van der Waals surface area contributed by atoms with Gasteiger partial charge in [-0.1, -0.05) is 69.7 Å². The van der Waals surface area contributed by atoms with E-state index in [2.05, 4.69) is 51.1 Å². The first-order valence-electron chi connectivity index (χ1n) is 8.46. The van der Waals surface area contributed by atoms with Crippen LogP contribution in [0.1, 0.15) is 45.6 Å². The number of rotatable bonds is 5. The third kappa shape index (κ3) is 4.71. The number of hydrogen-bond donors (Lipinski definition) is 1. The lowest BCUT2D eigenvalue weighted by Crippen LogP contribution is -2.35. The topological polar surface area (TPSA) is 20.2 Å². The maximum atomic E-state index is 10.6. The van der Waals surface area contributed by atoms with Gasteiger partial charge in [-0.25, -0.2) is 0 Å². The Morgan fingerprint density at radius 3 is 2.52 bits per heavy atom. The minimum absolute atomic E-state index is 0.288. The molecule has 1 N–H and O–H groups in total. The highest BCUT2D eigenvalue weighted by Crippen LogP contribution is 2.40. The normalized spacial score (nSPS) is 28.1. The van der Waals surface area contributed by atoms with Crippen molar-refractivity contribution < 1.29 is 5.11 Å². The quantitative estimate of drug-likeness (QED) is 0.767. The van der Waals surface area contributed by atoms with E-state index >= 15 is 0 Å². The summed E-state index contributed by atoms with van der Waals surface area (Å²) in [6.45, 7) is 6.92. The molecule has 1 aliphatic rings. The summed E-state index contributed by atoms with van der Waals surface area (Å²) < 4.78 is 0. The van der Waals surface area contributed by atoms with Crippen molar-refractivity contribution in [3.8, 4) is 0 Å². The molecule has 1 heteroatoms. The fraction of sp³-hybridized carbons (Fsp3) is 0.600. The lowest BCUT2D eigenvalue weighted by atomic mass is 9.68. The van der Waals surface area contributed by atoms with Crippen LogP contribution in [0.3, 0.4) is 0 Å². The molecular formula is C20H30O. The second-order valence-electron chi connectivity index (χ2n) is 7.10. The second-order valence-corrected chi connectivity index (χ2v) is 7.10. The van der Waals surface area contributed by atoms with Crippen LogP contribution in [-0.4, -0.2) is 11.2 Å². The summed E-state index contributed by atoms with van der Waals surface area (Å²) in [6, 6.07) is 10.4. The van der Waals surface area contributed by atoms with Crippen molar-refractivity contribution in [2.75, 3.05) is 0 Å². The fourth-order valence-corrected chi connectivity index (χ4v) is 3.77. The molecule has 4 atom stereocenters. The molecule has 1 fully saturated rings. The Morgan fingerprint density at radius 2 is 1.86 bits per heavy atom. The predicted molar refractivity (Wildman–Crippen MR) is 90.1 cm³/mol. The van der Waals surface area contributed by atoms with Gasteiger partial charge in [0.05, 0.1) is 6.10 Å². The minimum Gasteiger partial charge on any atom is -0.389 e. The van der Waals surface area contributed by atoms with Crippen molar-refractivity contribution in [2.24, 2.45) is 23.7 Å². The molecular weight excluding hydrogens is 256 g/mol. The molecule has 116 valence electrons. The van der Waals surface area contributed by atoms with E-state index in [1.165, 1.54) is 24.8 Å². The smallest absolute Gasteiger partial charge is 0.0752 e. The third-order valence-electron chi connectivity index (χ3n) is 5.04. The first-order valence-corrected chi connectivity index (χ1v) is 8.46. The first-order chi connectivity index (χ1) is 10.1. The molecule has 0 aromatic heterocycles. The summed E-state index contributed by atoms with van der Waals surface area (Å²) in [6.07, 6.45) is 8.55. The molecule has 0 unspecified atom stereocenters. The molecule has 1 aromatic carbocycles. The summed E-state index contributed by atoms with van der Waals surface area (Å²) in [5.74, 6) is 2.51. The Balaban J connectivity index is 1.95. The maximum absolute atomic E-state index is 10.6. The Morgan fingerprint density at radius 1 is 1.14 bits per heavy atom. The van der Waals surface area contributed by atoms with Gasteiger partial charge in [0.2, 0.25) is 0 Å². The van der Waals surface area contributed by atoms with Gasteiger partial charge in [0, 0.05) is 0 Å². The van der Waals surface area contributed by atoms with Crippen molar-refractivity contribution in [1.82, 2.24) is 0 Å². The molecule has 1 aliphatic carbocycles. The Labute approximate surface area is 130 Å². The van der Waals surface area contributed by atoms with E-state index in [0.717, 1.165) is 12.3 Å². The van der Waals surface area contributed by atoms with Crippen LogP contribution in [0.4, 0.5) is 0 Å². The summed E-state index contributed by atoms with van der Waals surface area (Å²) in [5, 5.41) is 10.6. The second kappa shape index (κ2) is 7.79. The monoisotopic (exact) mass is 286 g/mol. The molecule has 0 amide bonds. The summed E-state index contributed by atoms with van der Waals surface area (Å²) in [5.41, 5.74) is 1.30. The zero-order valence-corrected chi connectivity index (χ0v) is 13.7. The summed E-state index contributed by atoms with van der Waals surface area (Å²) in [7, 11) is 0. The van der Waals surface area contributed by atoms with Crippen LogP contribution >= 0.6 is 0 Å². The average Bonchev–Trinajstić information content (AvgIpc) is 2.47. The van der Waals surface area contributed by atoms with Gasteiger partial charge in [0.25, 0.3) is 0 Å². The highest BCUT2D eigenvalue weighted by molar-refractivity contribution is 5.17. The zero-order chi connectivity index (χ0) is 15.2. The van der Waals surface area contributed by atoms with Crippen LogP contribution < -0.4 is 0 Å². The number of aliphatic hydroxyl groups is 1. The van der Waals surface area contributed by atoms with E-state index in [1.54, 1.807) is 0 Å². The highest BCUT2D eigenvalue weighted by Gasteiger charge is 2.34. The fourth-order valence-electron chi connectivity index (χ4n) is 3.77. The van der Waals surface area contributed by atoms with Crippen LogP contribution in [0.15, 0.2) is 42.5 Å². The molecule has 0 heterocycles. The van der Waals surface area contributed by atoms with Gasteiger partial charge in [0.15, 0.2) is 0 Å². The Kier molecular flexibility index (Phi) is 6.05. The van der Waals surface area contributed by atoms with Gasteiger partial charge in [0.1, 0.15) is 0 Å². The number of aliphatic hydroxyl groups excluding tert-OH is 1. The van der Waals surface area contributed by atoms with Crippen LogP contribution in [-0.2, 0) is 6.42 Å². The van der Waals surface area contributed by atoms with E-state index in [1.807, 2.05) is 12.1 Å². The molecule has 0 bridgehead atoms. The first kappa shape index (κ1) is 16.3. The van der Waals surface area contributed by atoms with E-state index < -0.39 is 0 Å². The van der Waals surface area contributed by atoms with Crippen LogP contribution in [0, 0.1) is 23.7 Å². The zero-order valence-electron chi connectivity index (χ0n) is 13.7. The van der Waals surface area contributed by atoms with Gasteiger partial charge in [-0.3, -0.25) is 0 Å². The molecule has 2 rings (SSSR count). The Bertz CT molecular complexity index is 434. The lowest BCUT2D eigenvalue weighted by molar-refractivity contribution is 0.0426.